The van der Waals surface area contributed by atoms with E-state index in [1.54, 1.807) is 0 Å². The molecule has 1 saturated carbocycles. The zero-order valence-corrected chi connectivity index (χ0v) is 12.4. The van der Waals surface area contributed by atoms with Gasteiger partial charge in [0.15, 0.2) is 0 Å². The fourth-order valence-electron chi connectivity index (χ4n) is 2.40. The largest absolute Gasteiger partial charge is 0.469 e. The number of aliphatic hydroxyl groups excluding tert-OH is 1. The minimum atomic E-state index is -3.63. The highest BCUT2D eigenvalue weighted by Crippen LogP contribution is 2.32. The summed E-state index contributed by atoms with van der Waals surface area (Å²) in [6.45, 7) is 3.40. The van der Waals surface area contributed by atoms with Crippen LogP contribution in [-0.2, 0) is 19.6 Å². The van der Waals surface area contributed by atoms with Gasteiger partial charge in [0.25, 0.3) is 0 Å². The maximum atomic E-state index is 12.3. The summed E-state index contributed by atoms with van der Waals surface area (Å²) in [7, 11) is -2.37. The molecule has 7 heteroatoms. The summed E-state index contributed by atoms with van der Waals surface area (Å²) in [5, 5.41) is 8.45. The number of sulfonamides is 1. The van der Waals surface area contributed by atoms with Gasteiger partial charge in [-0.2, -0.15) is 0 Å². The van der Waals surface area contributed by atoms with Crippen LogP contribution in [0.4, 0.5) is 0 Å². The highest BCUT2D eigenvalue weighted by atomic mass is 32.2. The van der Waals surface area contributed by atoms with E-state index in [0.29, 0.717) is 19.3 Å². The van der Waals surface area contributed by atoms with Gasteiger partial charge in [-0.1, -0.05) is 20.3 Å². The van der Waals surface area contributed by atoms with E-state index in [1.807, 2.05) is 13.8 Å². The van der Waals surface area contributed by atoms with Crippen LogP contribution in [0.2, 0.25) is 0 Å². The molecule has 112 valence electrons. The van der Waals surface area contributed by atoms with Crippen LogP contribution in [0.25, 0.3) is 0 Å². The Balaban J connectivity index is 2.84. The average Bonchev–Trinajstić information content (AvgIpc) is 2.84. The van der Waals surface area contributed by atoms with Gasteiger partial charge in [-0.05, 0) is 18.8 Å². The molecule has 3 atom stereocenters. The van der Waals surface area contributed by atoms with E-state index in [4.69, 9.17) is 0 Å². The van der Waals surface area contributed by atoms with Gasteiger partial charge in [-0.3, -0.25) is 4.79 Å². The van der Waals surface area contributed by atoms with Crippen molar-refractivity contribution in [1.82, 2.24) is 4.72 Å². The minimum Gasteiger partial charge on any atom is -0.469 e. The molecular formula is C12H23NO5S. The third-order valence-corrected chi connectivity index (χ3v) is 5.66. The molecule has 0 aromatic carbocycles. The number of hydrogen-bond donors (Lipinski definition) is 2. The molecule has 0 aromatic rings. The monoisotopic (exact) mass is 293 g/mol. The molecule has 0 aliphatic heterocycles. The van der Waals surface area contributed by atoms with Crippen LogP contribution in [0.15, 0.2) is 0 Å². The third-order valence-electron chi connectivity index (χ3n) is 3.67. The van der Waals surface area contributed by atoms with Crippen molar-refractivity contribution < 1.29 is 23.1 Å². The quantitative estimate of drug-likeness (QED) is 0.686. The Bertz CT molecular complexity index is 406. The van der Waals surface area contributed by atoms with Crippen molar-refractivity contribution in [3.05, 3.63) is 0 Å². The molecule has 19 heavy (non-hydrogen) atoms. The number of aliphatic hydroxyl groups is 1. The fourth-order valence-corrected chi connectivity index (χ4v) is 4.50. The molecule has 0 heterocycles. The average molecular weight is 293 g/mol. The first-order valence-electron chi connectivity index (χ1n) is 6.53. The summed E-state index contributed by atoms with van der Waals surface area (Å²) in [6, 6.07) is -0.524. The van der Waals surface area contributed by atoms with Gasteiger partial charge in [0, 0.05) is 6.04 Å². The Kier molecular flexibility index (Phi) is 5.76. The maximum absolute atomic E-state index is 12.3. The molecule has 0 saturated heterocycles. The van der Waals surface area contributed by atoms with E-state index in [9.17, 15) is 18.3 Å². The molecule has 2 N–H and O–H groups in total. The lowest BCUT2D eigenvalue weighted by Crippen LogP contribution is -2.47. The normalized spacial score (nSPS) is 25.5. The highest BCUT2D eigenvalue weighted by Gasteiger charge is 2.43. The van der Waals surface area contributed by atoms with Crippen molar-refractivity contribution in [2.75, 3.05) is 13.7 Å². The summed E-state index contributed by atoms with van der Waals surface area (Å²) in [6.07, 6.45) is 1.67. The molecule has 1 rings (SSSR count). The first-order chi connectivity index (χ1) is 8.83. The van der Waals surface area contributed by atoms with Gasteiger partial charge < -0.3 is 9.84 Å². The van der Waals surface area contributed by atoms with Gasteiger partial charge in [0.2, 0.25) is 10.0 Å². The van der Waals surface area contributed by atoms with Crippen LogP contribution in [0.1, 0.15) is 33.1 Å². The molecule has 1 fully saturated rings. The van der Waals surface area contributed by atoms with Crippen LogP contribution in [0, 0.1) is 11.8 Å². The molecule has 0 radical (unpaired) electrons. The van der Waals surface area contributed by atoms with Crippen molar-refractivity contribution in [3.63, 3.8) is 0 Å². The van der Waals surface area contributed by atoms with E-state index in [0.717, 1.165) is 0 Å². The SMILES string of the molecule is COC(=O)C1CCCC1S(=O)(=O)NC(CO)C(C)C. The Morgan fingerprint density at radius 3 is 2.53 bits per heavy atom. The Labute approximate surface area is 114 Å². The summed E-state index contributed by atoms with van der Waals surface area (Å²) in [5.41, 5.74) is 0. The number of hydrogen-bond acceptors (Lipinski definition) is 5. The summed E-state index contributed by atoms with van der Waals surface area (Å²) >= 11 is 0. The lowest BCUT2D eigenvalue weighted by Gasteiger charge is -2.24. The summed E-state index contributed by atoms with van der Waals surface area (Å²) < 4.78 is 31.8. The fraction of sp³-hybridized carbons (Fsp3) is 0.917. The van der Waals surface area contributed by atoms with Crippen LogP contribution >= 0.6 is 0 Å². The van der Waals surface area contributed by atoms with Crippen molar-refractivity contribution in [2.24, 2.45) is 11.8 Å². The van der Waals surface area contributed by atoms with E-state index < -0.39 is 33.2 Å². The number of nitrogens with one attached hydrogen (secondary N) is 1. The van der Waals surface area contributed by atoms with E-state index >= 15 is 0 Å². The molecule has 0 spiro atoms. The van der Waals surface area contributed by atoms with Crippen LogP contribution < -0.4 is 4.72 Å². The topological polar surface area (TPSA) is 92.7 Å². The number of esters is 1. The van der Waals surface area contributed by atoms with Crippen molar-refractivity contribution >= 4 is 16.0 Å². The smallest absolute Gasteiger partial charge is 0.310 e. The highest BCUT2D eigenvalue weighted by molar-refractivity contribution is 7.90. The lowest BCUT2D eigenvalue weighted by atomic mass is 10.1. The molecule has 6 nitrogen and oxygen atoms in total. The van der Waals surface area contributed by atoms with Gasteiger partial charge in [0.05, 0.1) is 24.9 Å². The molecule has 0 aromatic heterocycles. The predicted octanol–water partition coefficient (Wildman–Crippen LogP) is 0.264. The zero-order valence-electron chi connectivity index (χ0n) is 11.6. The van der Waals surface area contributed by atoms with Crippen LogP contribution in [0.5, 0.6) is 0 Å². The molecule has 0 bridgehead atoms. The zero-order chi connectivity index (χ0) is 14.6. The van der Waals surface area contributed by atoms with Crippen molar-refractivity contribution in [1.29, 1.82) is 0 Å². The number of rotatable bonds is 6. The maximum Gasteiger partial charge on any atom is 0.310 e. The van der Waals surface area contributed by atoms with E-state index in [1.165, 1.54) is 7.11 Å². The van der Waals surface area contributed by atoms with Crippen LogP contribution in [0.3, 0.4) is 0 Å². The number of methoxy groups -OCH3 is 1. The Morgan fingerprint density at radius 2 is 2.05 bits per heavy atom. The molecule has 0 amide bonds. The first-order valence-corrected chi connectivity index (χ1v) is 8.08. The lowest BCUT2D eigenvalue weighted by molar-refractivity contribution is -0.145. The molecule has 3 unspecified atom stereocenters. The standard InChI is InChI=1S/C12H23NO5S/c1-8(2)10(7-14)13-19(16,17)11-6-4-5-9(11)12(15)18-3/h8-11,13-14H,4-7H2,1-3H3. The minimum absolute atomic E-state index is 0.0160. The second kappa shape index (κ2) is 6.67. The number of ether oxygens (including phenoxy) is 1. The van der Waals surface area contributed by atoms with Gasteiger partial charge in [-0.15, -0.1) is 0 Å². The number of carbonyl (C=O) groups is 1. The Morgan fingerprint density at radius 1 is 1.42 bits per heavy atom. The van der Waals surface area contributed by atoms with Gasteiger partial charge in [0.1, 0.15) is 0 Å². The van der Waals surface area contributed by atoms with Crippen molar-refractivity contribution in [2.45, 2.75) is 44.4 Å². The predicted molar refractivity (Wildman–Crippen MR) is 70.9 cm³/mol. The molecule has 1 aliphatic rings. The second-order valence-electron chi connectivity index (χ2n) is 5.29. The van der Waals surface area contributed by atoms with Gasteiger partial charge >= 0.3 is 5.97 Å². The van der Waals surface area contributed by atoms with Crippen molar-refractivity contribution in [3.8, 4) is 0 Å². The summed E-state index contributed by atoms with van der Waals surface area (Å²) in [5.74, 6) is -1.09. The number of carbonyl (C=O) groups excluding carboxylic acids is 1. The Hall–Kier alpha value is -0.660. The second-order valence-corrected chi connectivity index (χ2v) is 7.23. The van der Waals surface area contributed by atoms with Crippen LogP contribution in [-0.4, -0.2) is 44.5 Å². The summed E-state index contributed by atoms with van der Waals surface area (Å²) in [4.78, 5) is 11.6. The first kappa shape index (κ1) is 16.4. The molecule has 1 aliphatic carbocycles. The van der Waals surface area contributed by atoms with E-state index in [2.05, 4.69) is 9.46 Å². The third kappa shape index (κ3) is 3.90. The van der Waals surface area contributed by atoms with Gasteiger partial charge in [-0.25, -0.2) is 13.1 Å². The van der Waals surface area contributed by atoms with E-state index in [-0.39, 0.29) is 12.5 Å². The molecular weight excluding hydrogens is 270 g/mol.